The van der Waals surface area contributed by atoms with Crippen molar-refractivity contribution in [1.29, 1.82) is 0 Å². The van der Waals surface area contributed by atoms with Gasteiger partial charge in [0.05, 0.1) is 0 Å². The molecule has 0 atom stereocenters. The van der Waals surface area contributed by atoms with Gasteiger partial charge in [0.15, 0.2) is 4.96 Å². The molecule has 0 aliphatic carbocycles. The number of rotatable bonds is 5. The van der Waals surface area contributed by atoms with Crippen LogP contribution in [0, 0.1) is 6.92 Å². The molecule has 0 radical (unpaired) electrons. The van der Waals surface area contributed by atoms with Gasteiger partial charge < -0.3 is 5.32 Å². The van der Waals surface area contributed by atoms with Crippen molar-refractivity contribution in [2.45, 2.75) is 26.7 Å². The first-order chi connectivity index (χ1) is 9.81. The maximum atomic E-state index is 4.80. The van der Waals surface area contributed by atoms with Crippen molar-refractivity contribution < 1.29 is 0 Å². The highest BCUT2D eigenvalue weighted by Crippen LogP contribution is 2.32. The number of unbranched alkanes of at least 4 members (excludes halogenated alkanes) is 1. The van der Waals surface area contributed by atoms with Crippen LogP contribution in [-0.2, 0) is 0 Å². The van der Waals surface area contributed by atoms with Crippen molar-refractivity contribution in [3.8, 4) is 11.3 Å². The number of nitrogens with one attached hydrogen (secondary N) is 1. The molecule has 0 bridgehead atoms. The highest BCUT2D eigenvalue weighted by atomic mass is 32.1. The van der Waals surface area contributed by atoms with Gasteiger partial charge in [0.2, 0.25) is 0 Å². The molecule has 3 aromatic rings. The van der Waals surface area contributed by atoms with Gasteiger partial charge >= 0.3 is 0 Å². The Labute approximate surface area is 123 Å². The molecule has 4 heteroatoms. The Balaban J connectivity index is 2.07. The number of hydrogen-bond donors (Lipinski definition) is 1. The van der Waals surface area contributed by atoms with Crippen LogP contribution < -0.4 is 5.32 Å². The monoisotopic (exact) mass is 285 g/mol. The number of fused-ring (bicyclic) bond motifs is 1. The van der Waals surface area contributed by atoms with Crippen molar-refractivity contribution in [2.24, 2.45) is 0 Å². The zero-order valence-corrected chi connectivity index (χ0v) is 12.7. The maximum Gasteiger partial charge on any atom is 0.195 e. The minimum Gasteiger partial charge on any atom is -0.369 e. The van der Waals surface area contributed by atoms with Gasteiger partial charge in [-0.3, -0.25) is 4.40 Å². The van der Waals surface area contributed by atoms with E-state index >= 15 is 0 Å². The van der Waals surface area contributed by atoms with E-state index in [9.17, 15) is 0 Å². The summed E-state index contributed by atoms with van der Waals surface area (Å²) in [6.45, 7) is 5.33. The van der Waals surface area contributed by atoms with Crippen LogP contribution in [0.5, 0.6) is 0 Å². The minimum atomic E-state index is 0.985. The predicted molar refractivity (Wildman–Crippen MR) is 86.6 cm³/mol. The molecule has 3 nitrogen and oxygen atoms in total. The van der Waals surface area contributed by atoms with Crippen LogP contribution in [0.25, 0.3) is 16.2 Å². The highest BCUT2D eigenvalue weighted by Gasteiger charge is 2.15. The van der Waals surface area contributed by atoms with Crippen molar-refractivity contribution in [3.05, 3.63) is 41.4 Å². The van der Waals surface area contributed by atoms with Gasteiger partial charge in [0.25, 0.3) is 0 Å². The standard InChI is InChI=1S/C16H19N3S/c1-3-4-9-17-15-14(13-8-6-5-7-12(13)2)18-16-19(15)10-11-20-16/h5-8,10-11,17H,3-4,9H2,1-2H3. The van der Waals surface area contributed by atoms with Gasteiger partial charge in [-0.1, -0.05) is 37.6 Å². The van der Waals surface area contributed by atoms with Gasteiger partial charge in [0.1, 0.15) is 11.5 Å². The Morgan fingerprint density at radius 2 is 2.15 bits per heavy atom. The van der Waals surface area contributed by atoms with Crippen LogP contribution in [0.15, 0.2) is 35.8 Å². The molecule has 0 aliphatic rings. The van der Waals surface area contributed by atoms with E-state index < -0.39 is 0 Å². The van der Waals surface area contributed by atoms with Crippen molar-refractivity contribution in [1.82, 2.24) is 9.38 Å². The van der Waals surface area contributed by atoms with Crippen molar-refractivity contribution in [3.63, 3.8) is 0 Å². The molecule has 0 fully saturated rings. The molecule has 2 heterocycles. The number of anilines is 1. The van der Waals surface area contributed by atoms with Crippen LogP contribution >= 0.6 is 11.3 Å². The Morgan fingerprint density at radius 1 is 1.30 bits per heavy atom. The predicted octanol–water partition coefficient (Wildman–Crippen LogP) is 4.58. The summed E-state index contributed by atoms with van der Waals surface area (Å²) in [5.74, 6) is 1.11. The lowest BCUT2D eigenvalue weighted by Gasteiger charge is -2.09. The summed E-state index contributed by atoms with van der Waals surface area (Å²) in [5, 5.41) is 5.63. The lowest BCUT2D eigenvalue weighted by molar-refractivity contribution is 0.830. The first-order valence-corrected chi connectivity index (χ1v) is 7.94. The fraction of sp³-hybridized carbons (Fsp3) is 0.312. The first-order valence-electron chi connectivity index (χ1n) is 7.06. The second-order valence-corrected chi connectivity index (χ2v) is 5.83. The normalized spacial score (nSPS) is 11.1. The van der Waals surface area contributed by atoms with Gasteiger partial charge in [-0.25, -0.2) is 4.98 Å². The SMILES string of the molecule is CCCCNc1c(-c2ccccc2C)nc2sccn12. The Kier molecular flexibility index (Phi) is 3.74. The summed E-state index contributed by atoms with van der Waals surface area (Å²) in [5.41, 5.74) is 3.53. The van der Waals surface area contributed by atoms with Gasteiger partial charge in [-0.05, 0) is 18.9 Å². The molecule has 2 aromatic heterocycles. The molecule has 0 unspecified atom stereocenters. The number of aromatic nitrogens is 2. The Bertz CT molecular complexity index is 711. The summed E-state index contributed by atoms with van der Waals surface area (Å²) < 4.78 is 2.15. The molecular weight excluding hydrogens is 266 g/mol. The molecular formula is C16H19N3S. The Hall–Kier alpha value is -1.81. The fourth-order valence-electron chi connectivity index (χ4n) is 2.36. The quantitative estimate of drug-likeness (QED) is 0.695. The topological polar surface area (TPSA) is 29.3 Å². The molecule has 1 N–H and O–H groups in total. The zero-order valence-electron chi connectivity index (χ0n) is 11.9. The molecule has 0 aliphatic heterocycles. The van der Waals surface area contributed by atoms with Gasteiger partial charge in [0, 0.05) is 23.7 Å². The highest BCUT2D eigenvalue weighted by molar-refractivity contribution is 7.15. The molecule has 104 valence electrons. The van der Waals surface area contributed by atoms with Gasteiger partial charge in [-0.2, -0.15) is 0 Å². The number of thiazole rings is 1. The van der Waals surface area contributed by atoms with E-state index in [1.54, 1.807) is 11.3 Å². The lowest BCUT2D eigenvalue weighted by Crippen LogP contribution is -2.04. The largest absolute Gasteiger partial charge is 0.369 e. The van der Waals surface area contributed by atoms with Crippen LogP contribution in [0.1, 0.15) is 25.3 Å². The van der Waals surface area contributed by atoms with E-state index in [4.69, 9.17) is 4.98 Å². The molecule has 1 aromatic carbocycles. The third-order valence-corrected chi connectivity index (χ3v) is 4.24. The molecule has 3 rings (SSSR count). The van der Waals surface area contributed by atoms with Crippen LogP contribution in [0.3, 0.4) is 0 Å². The van der Waals surface area contributed by atoms with E-state index in [1.807, 2.05) is 0 Å². The van der Waals surface area contributed by atoms with E-state index in [0.717, 1.165) is 23.0 Å². The van der Waals surface area contributed by atoms with E-state index in [2.05, 4.69) is 59.4 Å². The lowest BCUT2D eigenvalue weighted by atomic mass is 10.1. The summed E-state index contributed by atoms with van der Waals surface area (Å²) in [4.78, 5) is 5.85. The van der Waals surface area contributed by atoms with E-state index in [0.29, 0.717) is 0 Å². The average molecular weight is 285 g/mol. The van der Waals surface area contributed by atoms with Crippen molar-refractivity contribution in [2.75, 3.05) is 11.9 Å². The zero-order chi connectivity index (χ0) is 13.9. The van der Waals surface area contributed by atoms with E-state index in [-0.39, 0.29) is 0 Å². The maximum absolute atomic E-state index is 4.80. The van der Waals surface area contributed by atoms with E-state index in [1.165, 1.54) is 24.0 Å². The third kappa shape index (κ3) is 2.31. The molecule has 0 saturated heterocycles. The fourth-order valence-corrected chi connectivity index (χ4v) is 3.08. The third-order valence-electron chi connectivity index (χ3n) is 3.49. The number of imidazole rings is 1. The second kappa shape index (κ2) is 5.67. The van der Waals surface area contributed by atoms with Crippen LogP contribution in [-0.4, -0.2) is 15.9 Å². The number of aryl methyl sites for hydroxylation is 1. The number of hydrogen-bond acceptors (Lipinski definition) is 3. The number of benzene rings is 1. The summed E-state index contributed by atoms with van der Waals surface area (Å²) in [6.07, 6.45) is 4.45. The summed E-state index contributed by atoms with van der Waals surface area (Å²) >= 11 is 1.67. The smallest absolute Gasteiger partial charge is 0.195 e. The minimum absolute atomic E-state index is 0.985. The molecule has 0 saturated carbocycles. The van der Waals surface area contributed by atoms with Crippen LogP contribution in [0.2, 0.25) is 0 Å². The molecule has 0 spiro atoms. The molecule has 20 heavy (non-hydrogen) atoms. The molecule has 0 amide bonds. The summed E-state index contributed by atoms with van der Waals surface area (Å²) in [6, 6.07) is 8.43. The Morgan fingerprint density at radius 3 is 2.95 bits per heavy atom. The van der Waals surface area contributed by atoms with Gasteiger partial charge in [-0.15, -0.1) is 11.3 Å². The first kappa shape index (κ1) is 13.2. The van der Waals surface area contributed by atoms with Crippen LogP contribution in [0.4, 0.5) is 5.82 Å². The van der Waals surface area contributed by atoms with Crippen molar-refractivity contribution >= 4 is 22.1 Å². The summed E-state index contributed by atoms with van der Waals surface area (Å²) in [7, 11) is 0. The average Bonchev–Trinajstić information content (AvgIpc) is 3.02. The second-order valence-electron chi connectivity index (χ2n) is 4.96. The number of nitrogens with zero attached hydrogens (tertiary/aromatic N) is 2.